The molecular formula is C26H22BrNO4. The Morgan fingerprint density at radius 1 is 1.00 bits per heavy atom. The van der Waals surface area contributed by atoms with Crippen molar-refractivity contribution in [2.45, 2.75) is 19.4 Å². The third-order valence-electron chi connectivity index (χ3n) is 5.24. The molecular weight excluding hydrogens is 470 g/mol. The third-order valence-corrected chi connectivity index (χ3v) is 5.77. The standard InChI is InChI=1S/C26H22BrNO4/c1-2-15-32-21-10-6-9-18(16-21)24(29)22-23(17-7-4-3-5-8-17)28(26(31)25(22)30)20-13-11-19(27)12-14-20/h3-14,16,23,29H,2,15H2,1H3/b24-22-. The minimum Gasteiger partial charge on any atom is -0.507 e. The quantitative estimate of drug-likeness (QED) is 0.266. The number of aliphatic hydroxyl groups excluding tert-OH is 1. The molecule has 1 amide bonds. The van der Waals surface area contributed by atoms with Crippen LogP contribution in [0.5, 0.6) is 5.75 Å². The molecule has 1 saturated heterocycles. The lowest BCUT2D eigenvalue weighted by Gasteiger charge is -2.25. The molecule has 0 radical (unpaired) electrons. The minimum atomic E-state index is -0.752. The average molecular weight is 492 g/mol. The van der Waals surface area contributed by atoms with Crippen LogP contribution in [0.4, 0.5) is 5.69 Å². The summed E-state index contributed by atoms with van der Waals surface area (Å²) in [6.45, 7) is 2.55. The van der Waals surface area contributed by atoms with E-state index in [4.69, 9.17) is 4.74 Å². The number of carbonyl (C=O) groups excluding carboxylic acids is 2. The van der Waals surface area contributed by atoms with Gasteiger partial charge in [0.2, 0.25) is 0 Å². The van der Waals surface area contributed by atoms with E-state index in [1.807, 2.05) is 49.4 Å². The highest BCUT2D eigenvalue weighted by Gasteiger charge is 2.46. The summed E-state index contributed by atoms with van der Waals surface area (Å²) in [7, 11) is 0. The van der Waals surface area contributed by atoms with E-state index < -0.39 is 17.7 Å². The molecule has 0 aliphatic carbocycles. The lowest BCUT2D eigenvalue weighted by molar-refractivity contribution is -0.132. The van der Waals surface area contributed by atoms with Gasteiger partial charge in [0.15, 0.2) is 0 Å². The summed E-state index contributed by atoms with van der Waals surface area (Å²) < 4.78 is 6.53. The van der Waals surface area contributed by atoms with Crippen LogP contribution in [0.2, 0.25) is 0 Å². The second-order valence-corrected chi connectivity index (χ2v) is 8.35. The van der Waals surface area contributed by atoms with E-state index in [9.17, 15) is 14.7 Å². The van der Waals surface area contributed by atoms with Crippen molar-refractivity contribution in [3.05, 3.63) is 100 Å². The maximum absolute atomic E-state index is 13.2. The Morgan fingerprint density at radius 2 is 1.72 bits per heavy atom. The first-order chi connectivity index (χ1) is 15.5. The molecule has 3 aromatic carbocycles. The van der Waals surface area contributed by atoms with Gasteiger partial charge in [-0.15, -0.1) is 0 Å². The highest BCUT2D eigenvalue weighted by Crippen LogP contribution is 2.42. The van der Waals surface area contributed by atoms with Gasteiger partial charge < -0.3 is 9.84 Å². The summed E-state index contributed by atoms with van der Waals surface area (Å²) >= 11 is 3.40. The van der Waals surface area contributed by atoms with Gasteiger partial charge in [0.1, 0.15) is 11.5 Å². The predicted octanol–water partition coefficient (Wildman–Crippen LogP) is 5.86. The number of ketones is 1. The summed E-state index contributed by atoms with van der Waals surface area (Å²) in [4.78, 5) is 27.7. The van der Waals surface area contributed by atoms with E-state index in [1.54, 1.807) is 36.4 Å². The number of hydrogen-bond donors (Lipinski definition) is 1. The Morgan fingerprint density at radius 3 is 2.41 bits per heavy atom. The number of benzene rings is 3. The average Bonchev–Trinajstić information content (AvgIpc) is 3.09. The highest BCUT2D eigenvalue weighted by atomic mass is 79.9. The highest BCUT2D eigenvalue weighted by molar-refractivity contribution is 9.10. The lowest BCUT2D eigenvalue weighted by atomic mass is 9.95. The number of anilines is 1. The van der Waals surface area contributed by atoms with E-state index >= 15 is 0 Å². The van der Waals surface area contributed by atoms with E-state index in [1.165, 1.54) is 4.90 Å². The van der Waals surface area contributed by atoms with E-state index in [0.717, 1.165) is 16.5 Å². The molecule has 6 heteroatoms. The molecule has 1 aliphatic rings. The van der Waals surface area contributed by atoms with Crippen LogP contribution in [0.3, 0.4) is 0 Å². The van der Waals surface area contributed by atoms with Gasteiger partial charge in [0, 0.05) is 15.7 Å². The monoisotopic (exact) mass is 491 g/mol. The number of nitrogens with zero attached hydrogens (tertiary/aromatic N) is 1. The fraction of sp³-hybridized carbons (Fsp3) is 0.154. The van der Waals surface area contributed by atoms with Gasteiger partial charge in [-0.25, -0.2) is 0 Å². The topological polar surface area (TPSA) is 66.8 Å². The molecule has 1 unspecified atom stereocenters. The molecule has 1 fully saturated rings. The van der Waals surface area contributed by atoms with Gasteiger partial charge in [-0.1, -0.05) is 65.3 Å². The largest absolute Gasteiger partial charge is 0.507 e. The van der Waals surface area contributed by atoms with Crippen molar-refractivity contribution < 1.29 is 19.4 Å². The van der Waals surface area contributed by atoms with E-state index in [0.29, 0.717) is 23.6 Å². The van der Waals surface area contributed by atoms with Gasteiger partial charge in [0.05, 0.1) is 18.2 Å². The molecule has 0 spiro atoms. The Kier molecular flexibility index (Phi) is 6.42. The Labute approximate surface area is 195 Å². The lowest BCUT2D eigenvalue weighted by Crippen LogP contribution is -2.29. The molecule has 1 N–H and O–H groups in total. The summed E-state index contributed by atoms with van der Waals surface area (Å²) in [5.41, 5.74) is 1.78. The number of Topliss-reactive ketones (excluding diaryl/α,β-unsaturated/α-hetero) is 1. The molecule has 0 bridgehead atoms. The van der Waals surface area contributed by atoms with Crippen LogP contribution >= 0.6 is 15.9 Å². The normalized spacial score (nSPS) is 17.6. The number of halogens is 1. The van der Waals surface area contributed by atoms with Crippen LogP contribution in [0, 0.1) is 0 Å². The fourth-order valence-electron chi connectivity index (χ4n) is 3.76. The number of carbonyl (C=O) groups is 2. The molecule has 0 aromatic heterocycles. The molecule has 32 heavy (non-hydrogen) atoms. The zero-order chi connectivity index (χ0) is 22.7. The Hall–Kier alpha value is -3.38. The van der Waals surface area contributed by atoms with Gasteiger partial charge in [0.25, 0.3) is 11.7 Å². The maximum atomic E-state index is 13.2. The summed E-state index contributed by atoms with van der Waals surface area (Å²) in [6, 6.07) is 22.6. The Balaban J connectivity index is 1.87. The number of hydrogen-bond acceptors (Lipinski definition) is 4. The van der Waals surface area contributed by atoms with Crippen LogP contribution in [-0.2, 0) is 9.59 Å². The number of rotatable bonds is 6. The van der Waals surface area contributed by atoms with Crippen molar-refractivity contribution in [2.75, 3.05) is 11.5 Å². The van der Waals surface area contributed by atoms with Crippen molar-refractivity contribution in [1.82, 2.24) is 0 Å². The third kappa shape index (κ3) is 4.18. The first-order valence-corrected chi connectivity index (χ1v) is 11.1. The van der Waals surface area contributed by atoms with Crippen molar-refractivity contribution in [3.63, 3.8) is 0 Å². The molecule has 162 valence electrons. The smallest absolute Gasteiger partial charge is 0.300 e. The first-order valence-electron chi connectivity index (χ1n) is 10.4. The van der Waals surface area contributed by atoms with Crippen molar-refractivity contribution >= 4 is 39.1 Å². The molecule has 1 heterocycles. The number of amides is 1. The fourth-order valence-corrected chi connectivity index (χ4v) is 4.02. The van der Waals surface area contributed by atoms with E-state index in [2.05, 4.69) is 15.9 Å². The second kappa shape index (κ2) is 9.40. The zero-order valence-corrected chi connectivity index (χ0v) is 19.1. The van der Waals surface area contributed by atoms with Gasteiger partial charge >= 0.3 is 0 Å². The van der Waals surface area contributed by atoms with Crippen molar-refractivity contribution in [2.24, 2.45) is 0 Å². The van der Waals surface area contributed by atoms with Gasteiger partial charge in [-0.3, -0.25) is 14.5 Å². The van der Waals surface area contributed by atoms with Crippen LogP contribution in [0.1, 0.15) is 30.5 Å². The van der Waals surface area contributed by atoms with Crippen molar-refractivity contribution in [3.8, 4) is 5.75 Å². The molecule has 4 rings (SSSR count). The summed E-state index contributed by atoms with van der Waals surface area (Å²) in [6.07, 6.45) is 0.850. The van der Waals surface area contributed by atoms with Crippen LogP contribution < -0.4 is 9.64 Å². The number of aliphatic hydroxyl groups is 1. The molecule has 5 nitrogen and oxygen atoms in total. The summed E-state index contributed by atoms with van der Waals surface area (Å²) in [5.74, 6) is -1.03. The molecule has 3 aromatic rings. The van der Waals surface area contributed by atoms with Crippen LogP contribution in [0.25, 0.3) is 5.76 Å². The van der Waals surface area contributed by atoms with Crippen molar-refractivity contribution in [1.29, 1.82) is 0 Å². The van der Waals surface area contributed by atoms with Gasteiger partial charge in [-0.2, -0.15) is 0 Å². The van der Waals surface area contributed by atoms with Crippen LogP contribution in [0.15, 0.2) is 88.9 Å². The Bertz CT molecular complexity index is 1170. The van der Waals surface area contributed by atoms with E-state index in [-0.39, 0.29) is 11.3 Å². The maximum Gasteiger partial charge on any atom is 0.300 e. The zero-order valence-electron chi connectivity index (χ0n) is 17.5. The molecule has 1 atom stereocenters. The first kappa shape index (κ1) is 21.8. The second-order valence-electron chi connectivity index (χ2n) is 7.43. The van der Waals surface area contributed by atoms with Crippen LogP contribution in [-0.4, -0.2) is 23.4 Å². The molecule has 0 saturated carbocycles. The summed E-state index contributed by atoms with van der Waals surface area (Å²) in [5, 5.41) is 11.2. The number of ether oxygens (including phenoxy) is 1. The minimum absolute atomic E-state index is 0.0526. The molecule has 1 aliphatic heterocycles. The van der Waals surface area contributed by atoms with Gasteiger partial charge in [-0.05, 0) is 48.4 Å². The SMILES string of the molecule is CCCOc1cccc(/C(O)=C2/C(=O)C(=O)N(c3ccc(Br)cc3)C2c2ccccc2)c1. The predicted molar refractivity (Wildman–Crippen MR) is 128 cm³/mol.